The van der Waals surface area contributed by atoms with Gasteiger partial charge in [-0.15, -0.1) is 0 Å². The zero-order chi connectivity index (χ0) is 11.4. The molecule has 4 heteroatoms. The van der Waals surface area contributed by atoms with Gasteiger partial charge in [-0.05, 0) is 25.0 Å². The average molecular weight is 223 g/mol. The van der Waals surface area contributed by atoms with Crippen molar-refractivity contribution in [3.05, 3.63) is 23.4 Å². The van der Waals surface area contributed by atoms with Crippen molar-refractivity contribution in [1.82, 2.24) is 4.98 Å². The Bertz CT molecular complexity index is 363. The third-order valence-corrected chi connectivity index (χ3v) is 2.51. The van der Waals surface area contributed by atoms with Crippen LogP contribution in [-0.4, -0.2) is 23.6 Å². The standard InChI is InChI=1S/C11H17N3S/c1-4-7-14(3)11-9(10(12)15)8(2)5-6-13-11/h5-6H,4,7H2,1-3H3,(H2,12,15). The molecule has 0 fully saturated rings. The highest BCUT2D eigenvalue weighted by atomic mass is 32.1. The van der Waals surface area contributed by atoms with Gasteiger partial charge in [-0.3, -0.25) is 0 Å². The summed E-state index contributed by atoms with van der Waals surface area (Å²) in [7, 11) is 2.01. The third kappa shape index (κ3) is 2.65. The molecule has 1 rings (SSSR count). The number of thiocarbonyl (C=S) groups is 1. The van der Waals surface area contributed by atoms with Gasteiger partial charge in [0.05, 0.1) is 5.56 Å². The summed E-state index contributed by atoms with van der Waals surface area (Å²) in [6, 6.07) is 1.93. The molecule has 0 aliphatic rings. The molecule has 2 N–H and O–H groups in total. The van der Waals surface area contributed by atoms with Crippen molar-refractivity contribution in [2.75, 3.05) is 18.5 Å². The van der Waals surface area contributed by atoms with Crippen LogP contribution < -0.4 is 10.6 Å². The first-order valence-corrected chi connectivity index (χ1v) is 5.45. The summed E-state index contributed by atoms with van der Waals surface area (Å²) in [6.45, 7) is 5.08. The summed E-state index contributed by atoms with van der Waals surface area (Å²) in [5.41, 5.74) is 7.69. The molecule has 3 nitrogen and oxygen atoms in total. The highest BCUT2D eigenvalue weighted by Gasteiger charge is 2.12. The van der Waals surface area contributed by atoms with E-state index in [1.165, 1.54) is 0 Å². The van der Waals surface area contributed by atoms with E-state index in [-0.39, 0.29) is 0 Å². The van der Waals surface area contributed by atoms with E-state index in [4.69, 9.17) is 18.0 Å². The van der Waals surface area contributed by atoms with Crippen molar-refractivity contribution in [3.8, 4) is 0 Å². The Morgan fingerprint density at radius 1 is 1.60 bits per heavy atom. The number of rotatable bonds is 4. The number of aromatic nitrogens is 1. The Morgan fingerprint density at radius 2 is 2.27 bits per heavy atom. The lowest BCUT2D eigenvalue weighted by molar-refractivity contribution is 0.836. The van der Waals surface area contributed by atoms with E-state index in [0.717, 1.165) is 29.9 Å². The van der Waals surface area contributed by atoms with Gasteiger partial charge in [0.2, 0.25) is 0 Å². The number of nitrogens with two attached hydrogens (primary N) is 1. The molecule has 15 heavy (non-hydrogen) atoms. The van der Waals surface area contributed by atoms with E-state index in [9.17, 15) is 0 Å². The molecule has 0 atom stereocenters. The van der Waals surface area contributed by atoms with Gasteiger partial charge >= 0.3 is 0 Å². The molecule has 0 bridgehead atoms. The molecule has 0 saturated carbocycles. The Hall–Kier alpha value is -1.16. The fourth-order valence-electron chi connectivity index (χ4n) is 1.58. The predicted octanol–water partition coefficient (Wildman–Crippen LogP) is 1.87. The first-order valence-electron chi connectivity index (χ1n) is 5.04. The minimum Gasteiger partial charge on any atom is -0.389 e. The summed E-state index contributed by atoms with van der Waals surface area (Å²) < 4.78 is 0. The van der Waals surface area contributed by atoms with Crippen LogP contribution in [0.15, 0.2) is 12.3 Å². The van der Waals surface area contributed by atoms with E-state index in [1.54, 1.807) is 6.20 Å². The Balaban J connectivity index is 3.16. The zero-order valence-corrected chi connectivity index (χ0v) is 10.3. The first kappa shape index (κ1) is 11.9. The largest absolute Gasteiger partial charge is 0.389 e. The predicted molar refractivity (Wildman–Crippen MR) is 68.4 cm³/mol. The Morgan fingerprint density at radius 3 is 2.80 bits per heavy atom. The third-order valence-electron chi connectivity index (χ3n) is 2.31. The lowest BCUT2D eigenvalue weighted by atomic mass is 10.1. The second kappa shape index (κ2) is 5.07. The maximum absolute atomic E-state index is 5.71. The molecule has 82 valence electrons. The molecule has 0 aliphatic heterocycles. The van der Waals surface area contributed by atoms with Crippen LogP contribution in [-0.2, 0) is 0 Å². The van der Waals surface area contributed by atoms with E-state index < -0.39 is 0 Å². The second-order valence-corrected chi connectivity index (χ2v) is 4.05. The SMILES string of the molecule is CCCN(C)c1nccc(C)c1C(N)=S. The van der Waals surface area contributed by atoms with E-state index in [2.05, 4.69) is 16.8 Å². The van der Waals surface area contributed by atoms with Crippen LogP contribution in [0.2, 0.25) is 0 Å². The lowest BCUT2D eigenvalue weighted by Gasteiger charge is -2.21. The summed E-state index contributed by atoms with van der Waals surface area (Å²) in [6.07, 6.45) is 2.86. The number of hydrogen-bond donors (Lipinski definition) is 1. The Kier molecular flexibility index (Phi) is 4.03. The smallest absolute Gasteiger partial charge is 0.138 e. The second-order valence-electron chi connectivity index (χ2n) is 3.61. The molecule has 1 heterocycles. The average Bonchev–Trinajstić information content (AvgIpc) is 2.17. The topological polar surface area (TPSA) is 42.2 Å². The van der Waals surface area contributed by atoms with Crippen LogP contribution in [0.1, 0.15) is 24.5 Å². The van der Waals surface area contributed by atoms with Crippen molar-refractivity contribution >= 4 is 23.0 Å². The fraction of sp³-hybridized carbons (Fsp3) is 0.455. The van der Waals surface area contributed by atoms with Crippen LogP contribution in [0.4, 0.5) is 5.82 Å². The number of hydrogen-bond acceptors (Lipinski definition) is 3. The molecule has 0 spiro atoms. The zero-order valence-electron chi connectivity index (χ0n) is 9.45. The van der Waals surface area contributed by atoms with E-state index in [0.29, 0.717) is 4.99 Å². The van der Waals surface area contributed by atoms with Crippen molar-refractivity contribution in [3.63, 3.8) is 0 Å². The van der Waals surface area contributed by atoms with Crippen molar-refractivity contribution in [1.29, 1.82) is 0 Å². The molecule has 0 saturated heterocycles. The molecule has 0 amide bonds. The van der Waals surface area contributed by atoms with Gasteiger partial charge in [0, 0.05) is 19.8 Å². The summed E-state index contributed by atoms with van der Waals surface area (Å²) >= 11 is 5.05. The Labute approximate surface area is 96.3 Å². The quantitative estimate of drug-likeness (QED) is 0.791. The molecule has 1 aromatic heterocycles. The van der Waals surface area contributed by atoms with Crippen LogP contribution in [0, 0.1) is 6.92 Å². The highest BCUT2D eigenvalue weighted by molar-refractivity contribution is 7.80. The van der Waals surface area contributed by atoms with Crippen molar-refractivity contribution in [2.24, 2.45) is 5.73 Å². The lowest BCUT2D eigenvalue weighted by Crippen LogP contribution is -2.24. The normalized spacial score (nSPS) is 10.1. The van der Waals surface area contributed by atoms with Crippen LogP contribution in [0.3, 0.4) is 0 Å². The number of aryl methyl sites for hydroxylation is 1. The molecular formula is C11H17N3S. The molecule has 0 aliphatic carbocycles. The molecule has 0 unspecified atom stereocenters. The van der Waals surface area contributed by atoms with E-state index in [1.807, 2.05) is 20.0 Å². The van der Waals surface area contributed by atoms with Gasteiger partial charge < -0.3 is 10.6 Å². The van der Waals surface area contributed by atoms with Gasteiger partial charge in [0.25, 0.3) is 0 Å². The van der Waals surface area contributed by atoms with Crippen LogP contribution in [0.5, 0.6) is 0 Å². The van der Waals surface area contributed by atoms with Crippen molar-refractivity contribution in [2.45, 2.75) is 20.3 Å². The number of nitrogens with zero attached hydrogens (tertiary/aromatic N) is 2. The highest BCUT2D eigenvalue weighted by Crippen LogP contribution is 2.19. The van der Waals surface area contributed by atoms with Gasteiger partial charge in [0.15, 0.2) is 0 Å². The first-order chi connectivity index (χ1) is 7.07. The molecule has 0 aromatic carbocycles. The van der Waals surface area contributed by atoms with Crippen LogP contribution in [0.25, 0.3) is 0 Å². The minimum absolute atomic E-state index is 0.415. The summed E-state index contributed by atoms with van der Waals surface area (Å²) in [4.78, 5) is 6.84. The van der Waals surface area contributed by atoms with Crippen LogP contribution >= 0.6 is 12.2 Å². The van der Waals surface area contributed by atoms with E-state index >= 15 is 0 Å². The number of pyridine rings is 1. The maximum atomic E-state index is 5.71. The monoisotopic (exact) mass is 223 g/mol. The van der Waals surface area contributed by atoms with Gasteiger partial charge in [-0.2, -0.15) is 0 Å². The van der Waals surface area contributed by atoms with Gasteiger partial charge in [-0.25, -0.2) is 4.98 Å². The molecule has 0 radical (unpaired) electrons. The summed E-state index contributed by atoms with van der Waals surface area (Å²) in [5.74, 6) is 0.879. The fourth-order valence-corrected chi connectivity index (χ4v) is 1.83. The molecular weight excluding hydrogens is 206 g/mol. The van der Waals surface area contributed by atoms with Crippen molar-refractivity contribution < 1.29 is 0 Å². The summed E-state index contributed by atoms with van der Waals surface area (Å²) in [5, 5.41) is 0. The molecule has 1 aromatic rings. The van der Waals surface area contributed by atoms with Gasteiger partial charge in [0.1, 0.15) is 10.8 Å². The van der Waals surface area contributed by atoms with Gasteiger partial charge in [-0.1, -0.05) is 19.1 Å². The minimum atomic E-state index is 0.415. The maximum Gasteiger partial charge on any atom is 0.138 e. The number of anilines is 1.